The van der Waals surface area contributed by atoms with E-state index < -0.39 is 27.1 Å². The van der Waals surface area contributed by atoms with E-state index in [4.69, 9.17) is 14.7 Å². The van der Waals surface area contributed by atoms with Crippen molar-refractivity contribution in [3.63, 3.8) is 0 Å². The number of nitrogen functional groups attached to an aromatic ring is 1. The van der Waals surface area contributed by atoms with Crippen LogP contribution in [0, 0.1) is 12.8 Å². The molecule has 4 aromatic rings. The maximum absolute atomic E-state index is 13.7. The summed E-state index contributed by atoms with van der Waals surface area (Å²) < 4.78 is 39.3. The number of rotatable bonds is 10. The molecule has 1 aliphatic heterocycles. The highest BCUT2D eigenvalue weighted by Crippen LogP contribution is 2.46. The third-order valence-corrected chi connectivity index (χ3v) is 11.9. The fourth-order valence-electron chi connectivity index (χ4n) is 5.65. The first-order valence-electron chi connectivity index (χ1n) is 15.5. The molecular weight excluding hydrogens is 651 g/mol. The molecule has 3 N–H and O–H groups in total. The lowest BCUT2D eigenvalue weighted by Crippen LogP contribution is -2.44. The summed E-state index contributed by atoms with van der Waals surface area (Å²) >= 11 is 2.59. The Hall–Kier alpha value is -3.73. The Morgan fingerprint density at radius 2 is 1.77 bits per heavy atom. The fraction of sp³-hybridized carbons (Fsp3) is 0.324. The fourth-order valence-corrected chi connectivity index (χ4v) is 8.93. The van der Waals surface area contributed by atoms with Gasteiger partial charge in [-0.3, -0.25) is 0 Å². The number of ether oxygens (including phenoxy) is 1. The average molecular weight is 692 g/mol. The summed E-state index contributed by atoms with van der Waals surface area (Å²) in [4.78, 5) is 15.3. The summed E-state index contributed by atoms with van der Waals surface area (Å²) in [6, 6.07) is 21.7. The number of cyclic esters (lactones) is 1. The number of thiophene rings is 1. The standard InChI is InChI=1S/C37H41NO6S3/c1-23(2)37(18-17-25-13-15-26(38)16-14-25)22-29(39)34(35(40)43-37)46-32-20-24(3)30(21-28(32)36(4,5)6)44-47(41,42)33-12-8-7-10-27(33)31-11-9-19-45-31/h7-16,19-21,23,39H,17-18,22,38H2,1-6H3. The highest BCUT2D eigenvalue weighted by molar-refractivity contribution is 8.04. The van der Waals surface area contributed by atoms with Gasteiger partial charge in [0.1, 0.15) is 26.9 Å². The van der Waals surface area contributed by atoms with Crippen LogP contribution < -0.4 is 9.92 Å². The molecule has 0 bridgehead atoms. The van der Waals surface area contributed by atoms with Crippen molar-refractivity contribution < 1.29 is 27.2 Å². The van der Waals surface area contributed by atoms with Gasteiger partial charge < -0.3 is 19.8 Å². The van der Waals surface area contributed by atoms with Gasteiger partial charge in [-0.1, -0.05) is 82.8 Å². The van der Waals surface area contributed by atoms with Crippen molar-refractivity contribution in [3.8, 4) is 16.2 Å². The number of benzene rings is 3. The van der Waals surface area contributed by atoms with Crippen LogP contribution in [0.15, 0.2) is 98.6 Å². The number of anilines is 1. The van der Waals surface area contributed by atoms with Gasteiger partial charge in [0.15, 0.2) is 0 Å². The quantitative estimate of drug-likeness (QED) is 0.0961. The van der Waals surface area contributed by atoms with E-state index in [-0.39, 0.29) is 33.6 Å². The highest BCUT2D eigenvalue weighted by Gasteiger charge is 2.44. The number of nitrogens with two attached hydrogens (primary N) is 1. The second-order valence-electron chi connectivity index (χ2n) is 13.3. The van der Waals surface area contributed by atoms with Crippen LogP contribution in [0.4, 0.5) is 5.69 Å². The first-order valence-corrected chi connectivity index (χ1v) is 18.6. The molecule has 0 saturated carbocycles. The van der Waals surface area contributed by atoms with E-state index in [0.717, 1.165) is 27.8 Å². The summed E-state index contributed by atoms with van der Waals surface area (Å²) in [5.74, 6) is -0.422. The van der Waals surface area contributed by atoms with Crippen molar-refractivity contribution in [2.75, 3.05) is 5.73 Å². The summed E-state index contributed by atoms with van der Waals surface area (Å²) in [5.41, 5.74) is 8.19. The van der Waals surface area contributed by atoms with Crippen LogP contribution in [-0.2, 0) is 31.5 Å². The van der Waals surface area contributed by atoms with E-state index >= 15 is 0 Å². The third-order valence-electron chi connectivity index (χ3n) is 8.52. The van der Waals surface area contributed by atoms with Crippen molar-refractivity contribution in [2.45, 2.75) is 81.6 Å². The molecule has 0 amide bonds. The molecule has 1 aromatic heterocycles. The molecule has 2 heterocycles. The highest BCUT2D eigenvalue weighted by atomic mass is 32.2. The molecule has 5 rings (SSSR count). The van der Waals surface area contributed by atoms with Gasteiger partial charge >= 0.3 is 16.1 Å². The van der Waals surface area contributed by atoms with Crippen molar-refractivity contribution in [1.29, 1.82) is 0 Å². The minimum Gasteiger partial charge on any atom is -0.511 e. The Kier molecular flexibility index (Phi) is 9.87. The van der Waals surface area contributed by atoms with E-state index in [0.29, 0.717) is 34.6 Å². The normalized spacial score (nSPS) is 17.2. The first kappa shape index (κ1) is 34.6. The largest absolute Gasteiger partial charge is 0.511 e. The molecule has 1 unspecified atom stereocenters. The molecule has 3 aromatic carbocycles. The molecule has 0 aliphatic carbocycles. The van der Waals surface area contributed by atoms with E-state index in [1.807, 2.05) is 76.4 Å². The van der Waals surface area contributed by atoms with E-state index in [1.165, 1.54) is 11.3 Å². The van der Waals surface area contributed by atoms with E-state index in [1.54, 1.807) is 43.3 Å². The Bertz CT molecular complexity index is 1910. The predicted molar refractivity (Wildman–Crippen MR) is 190 cm³/mol. The predicted octanol–water partition coefficient (Wildman–Crippen LogP) is 9.21. The lowest BCUT2D eigenvalue weighted by molar-refractivity contribution is -0.164. The van der Waals surface area contributed by atoms with Gasteiger partial charge in [-0.15, -0.1) is 11.3 Å². The molecule has 248 valence electrons. The van der Waals surface area contributed by atoms with Crippen LogP contribution in [0.5, 0.6) is 5.75 Å². The maximum atomic E-state index is 13.7. The van der Waals surface area contributed by atoms with Crippen molar-refractivity contribution in [1.82, 2.24) is 0 Å². The van der Waals surface area contributed by atoms with Crippen molar-refractivity contribution in [2.24, 2.45) is 5.92 Å². The second kappa shape index (κ2) is 13.4. The number of hydrogen-bond donors (Lipinski definition) is 2. The summed E-state index contributed by atoms with van der Waals surface area (Å²) in [7, 11) is -4.19. The van der Waals surface area contributed by atoms with Gasteiger partial charge in [0.25, 0.3) is 0 Å². The Morgan fingerprint density at radius 1 is 1.06 bits per heavy atom. The number of esters is 1. The number of aliphatic hydroxyl groups is 1. The van der Waals surface area contributed by atoms with Crippen molar-refractivity contribution >= 4 is 44.9 Å². The first-order chi connectivity index (χ1) is 22.1. The number of hydrogen-bond acceptors (Lipinski definition) is 9. The van der Waals surface area contributed by atoms with Gasteiger partial charge in [0.2, 0.25) is 0 Å². The summed E-state index contributed by atoms with van der Waals surface area (Å²) in [5, 5.41) is 13.3. The molecule has 47 heavy (non-hydrogen) atoms. The van der Waals surface area contributed by atoms with Crippen LogP contribution in [0.1, 0.15) is 64.2 Å². The molecule has 0 spiro atoms. The van der Waals surface area contributed by atoms with Crippen molar-refractivity contribution in [3.05, 3.63) is 106 Å². The molecule has 0 fully saturated rings. The van der Waals surface area contributed by atoms with Crippen LogP contribution in [0.25, 0.3) is 10.4 Å². The molecule has 0 saturated heterocycles. The van der Waals surface area contributed by atoms with Gasteiger partial charge in [-0.25, -0.2) is 4.79 Å². The topological polar surface area (TPSA) is 116 Å². The SMILES string of the molecule is Cc1cc(SC2=C(O)CC(CCc3ccc(N)cc3)(C(C)C)OC2=O)c(C(C)(C)C)cc1OS(=O)(=O)c1ccccc1-c1cccs1. The summed E-state index contributed by atoms with van der Waals surface area (Å²) in [6.07, 6.45) is 1.41. The zero-order valence-electron chi connectivity index (χ0n) is 27.5. The van der Waals surface area contributed by atoms with Crippen LogP contribution in [0.3, 0.4) is 0 Å². The molecular formula is C37H41NO6S3. The molecule has 1 aliphatic rings. The number of carbonyl (C=O) groups is 1. The minimum absolute atomic E-state index is 0.0112. The van der Waals surface area contributed by atoms with E-state index in [2.05, 4.69) is 0 Å². The van der Waals surface area contributed by atoms with Gasteiger partial charge in [0, 0.05) is 27.4 Å². The minimum atomic E-state index is -4.19. The smallest absolute Gasteiger partial charge is 0.349 e. The second-order valence-corrected chi connectivity index (χ2v) is 16.8. The van der Waals surface area contributed by atoms with Gasteiger partial charge in [-0.05, 0) is 89.6 Å². The van der Waals surface area contributed by atoms with Crippen LogP contribution in [0.2, 0.25) is 0 Å². The Morgan fingerprint density at radius 3 is 2.38 bits per heavy atom. The lowest BCUT2D eigenvalue weighted by Gasteiger charge is -2.40. The number of aryl methyl sites for hydroxylation is 2. The number of aliphatic hydroxyl groups excluding tert-OH is 1. The number of carbonyl (C=O) groups excluding carboxylic acids is 1. The van der Waals surface area contributed by atoms with Gasteiger partial charge in [-0.2, -0.15) is 8.42 Å². The third kappa shape index (κ3) is 7.55. The van der Waals surface area contributed by atoms with E-state index in [9.17, 15) is 18.3 Å². The molecule has 7 nitrogen and oxygen atoms in total. The Balaban J connectivity index is 1.44. The zero-order chi connectivity index (χ0) is 34.1. The van der Waals surface area contributed by atoms with Crippen LogP contribution >= 0.6 is 23.1 Å². The molecule has 0 radical (unpaired) electrons. The molecule has 1 atom stereocenters. The van der Waals surface area contributed by atoms with Crippen LogP contribution in [-0.4, -0.2) is 25.1 Å². The Labute approximate surface area is 286 Å². The summed E-state index contributed by atoms with van der Waals surface area (Å²) in [6.45, 7) is 11.8. The number of thioether (sulfide) groups is 1. The zero-order valence-corrected chi connectivity index (χ0v) is 29.9. The van der Waals surface area contributed by atoms with Gasteiger partial charge in [0.05, 0.1) is 0 Å². The monoisotopic (exact) mass is 691 g/mol. The average Bonchev–Trinajstić information content (AvgIpc) is 3.54. The molecule has 10 heteroatoms. The lowest BCUT2D eigenvalue weighted by atomic mass is 9.80. The maximum Gasteiger partial charge on any atom is 0.349 e.